The summed E-state index contributed by atoms with van der Waals surface area (Å²) in [5.41, 5.74) is 4.25. The average molecular weight is 620 g/mol. The molecule has 0 radical (unpaired) electrons. The van der Waals surface area contributed by atoms with E-state index in [1.807, 2.05) is 36.0 Å². The second-order valence-corrected chi connectivity index (χ2v) is 11.1. The minimum absolute atomic E-state index is 0.195. The summed E-state index contributed by atoms with van der Waals surface area (Å²) in [6, 6.07) is 21.3. The number of phenolic OH excluding ortho intramolecular Hbond substituents is 3. The number of phenols is 3. The van der Waals surface area contributed by atoms with Crippen molar-refractivity contribution in [2.24, 2.45) is 0 Å². The number of aromatic hydroxyl groups is 3. The summed E-state index contributed by atoms with van der Waals surface area (Å²) in [5, 5.41) is 60.2. The first kappa shape index (κ1) is 31.0. The Morgan fingerprint density at radius 3 is 1.80 bits per heavy atom. The molecule has 2 aromatic heterocycles. The lowest BCUT2D eigenvalue weighted by Crippen LogP contribution is -2.33. The zero-order valence-electron chi connectivity index (χ0n) is 23.5. The summed E-state index contributed by atoms with van der Waals surface area (Å²) in [6.07, 6.45) is -1.40. The molecule has 4 atom stereocenters. The van der Waals surface area contributed by atoms with E-state index in [0.29, 0.717) is 35.0 Å². The number of benzene rings is 3. The minimum Gasteiger partial charge on any atom is -0.508 e. The number of rotatable bonds is 9. The number of fused-ring (bicyclic) bond motifs is 1. The molecule has 0 saturated carbocycles. The molecule has 1 aliphatic heterocycles. The summed E-state index contributed by atoms with van der Waals surface area (Å²) in [7, 11) is 0. The molecule has 3 heterocycles. The van der Waals surface area contributed by atoms with Gasteiger partial charge in [-0.3, -0.25) is 4.57 Å². The van der Waals surface area contributed by atoms with Crippen molar-refractivity contribution in [3.63, 3.8) is 0 Å². The van der Waals surface area contributed by atoms with Gasteiger partial charge in [-0.15, -0.1) is 0 Å². The first-order chi connectivity index (χ1) is 21.3. The van der Waals surface area contributed by atoms with E-state index in [0.717, 1.165) is 17.1 Å². The van der Waals surface area contributed by atoms with Crippen LogP contribution in [-0.2, 0) is 22.8 Å². The van der Waals surface area contributed by atoms with Crippen LogP contribution in [0.4, 0.5) is 5.82 Å². The number of ether oxygens (including phenoxy) is 1. The number of aromatic nitrogens is 4. The van der Waals surface area contributed by atoms with Gasteiger partial charge in [-0.05, 0) is 53.1 Å². The second kappa shape index (κ2) is 14.4. The van der Waals surface area contributed by atoms with Crippen LogP contribution in [0.2, 0.25) is 0 Å². The lowest BCUT2D eigenvalue weighted by molar-refractivity contribution is -0.0511. The molecule has 5 aromatic rings. The lowest BCUT2D eigenvalue weighted by Gasteiger charge is -2.16. The number of nitrogens with one attached hydrogen (secondary N) is 1. The molecule has 230 valence electrons. The first-order valence-corrected chi connectivity index (χ1v) is 14.9. The Kier molecular flexibility index (Phi) is 10.1. The van der Waals surface area contributed by atoms with Gasteiger partial charge in [-0.25, -0.2) is 15.0 Å². The predicted octanol–water partition coefficient (Wildman–Crippen LogP) is 3.29. The minimum atomic E-state index is -1.22. The molecule has 13 heteroatoms. The van der Waals surface area contributed by atoms with Crippen LogP contribution in [0.15, 0.2) is 85.5 Å². The van der Waals surface area contributed by atoms with Gasteiger partial charge < -0.3 is 40.7 Å². The zero-order chi connectivity index (χ0) is 31.1. The standard InChI is InChI=1S/C17H19N5O5.C14H14O2S/c23-6-11-13(25)14(26)17(27-11)22-8-21-12-15(19-7-20-16(12)22)18-5-9-1-3-10(24)4-2-9;15-13-5-1-11(2-6-13)9-17-10-12-3-7-14(16)8-4-12/h1-4,7-8,11,13-14,17,23-26H,5-6H2,(H,18,19,20);1-8,15-16H,9-10H2/t11-,13+,14?,17-;/m1./s1. The number of hydrogen-bond donors (Lipinski definition) is 7. The molecule has 1 fully saturated rings. The van der Waals surface area contributed by atoms with E-state index in [-0.39, 0.29) is 5.75 Å². The fourth-order valence-corrected chi connectivity index (χ4v) is 5.51. The molecule has 3 aromatic carbocycles. The Labute approximate surface area is 257 Å². The van der Waals surface area contributed by atoms with E-state index in [4.69, 9.17) is 14.9 Å². The van der Waals surface area contributed by atoms with Gasteiger partial charge in [-0.1, -0.05) is 36.4 Å². The van der Waals surface area contributed by atoms with Crippen LogP contribution >= 0.6 is 11.8 Å². The van der Waals surface area contributed by atoms with Crippen molar-refractivity contribution in [2.45, 2.75) is 42.6 Å². The number of hydrogen-bond acceptors (Lipinski definition) is 12. The van der Waals surface area contributed by atoms with Crippen LogP contribution < -0.4 is 5.32 Å². The van der Waals surface area contributed by atoms with Crippen molar-refractivity contribution in [1.29, 1.82) is 0 Å². The fourth-order valence-electron chi connectivity index (χ4n) is 4.55. The molecule has 44 heavy (non-hydrogen) atoms. The highest BCUT2D eigenvalue weighted by atomic mass is 32.2. The van der Waals surface area contributed by atoms with Crippen LogP contribution in [0.25, 0.3) is 11.2 Å². The maximum atomic E-state index is 10.2. The number of aliphatic hydroxyl groups is 3. The summed E-state index contributed by atoms with van der Waals surface area (Å²) in [6.45, 7) is 0.0584. The smallest absolute Gasteiger partial charge is 0.167 e. The van der Waals surface area contributed by atoms with Gasteiger partial charge in [0.15, 0.2) is 23.2 Å². The highest BCUT2D eigenvalue weighted by Crippen LogP contribution is 2.32. The SMILES string of the molecule is OC[C@H]1O[C@@H](n2cnc3c(NCc4ccc(O)cc4)ncnc32)C(O)[C@H]1O.Oc1ccc(CSCc2ccc(O)cc2)cc1. The van der Waals surface area contributed by atoms with E-state index in [9.17, 15) is 20.4 Å². The molecule has 0 spiro atoms. The Morgan fingerprint density at radius 2 is 1.27 bits per heavy atom. The molecule has 7 N–H and O–H groups in total. The molecule has 1 aliphatic rings. The highest BCUT2D eigenvalue weighted by Gasteiger charge is 2.44. The van der Waals surface area contributed by atoms with Crippen LogP contribution in [0.3, 0.4) is 0 Å². The van der Waals surface area contributed by atoms with Gasteiger partial charge in [-0.2, -0.15) is 11.8 Å². The Bertz CT molecular complexity index is 1590. The quantitative estimate of drug-likeness (QED) is 0.128. The van der Waals surface area contributed by atoms with Crippen molar-refractivity contribution in [1.82, 2.24) is 19.5 Å². The van der Waals surface area contributed by atoms with Gasteiger partial charge in [0.1, 0.15) is 41.9 Å². The van der Waals surface area contributed by atoms with Crippen LogP contribution in [0.1, 0.15) is 22.9 Å². The molecule has 6 rings (SSSR count). The molecular formula is C31H33N5O7S. The number of aliphatic hydroxyl groups excluding tert-OH is 3. The van der Waals surface area contributed by atoms with Gasteiger partial charge >= 0.3 is 0 Å². The van der Waals surface area contributed by atoms with E-state index in [1.165, 1.54) is 28.3 Å². The molecular weight excluding hydrogens is 586 g/mol. The largest absolute Gasteiger partial charge is 0.508 e. The summed E-state index contributed by atoms with van der Waals surface area (Å²) in [4.78, 5) is 12.7. The van der Waals surface area contributed by atoms with E-state index < -0.39 is 31.1 Å². The van der Waals surface area contributed by atoms with Gasteiger partial charge in [0.2, 0.25) is 0 Å². The van der Waals surface area contributed by atoms with Crippen LogP contribution in [0, 0.1) is 0 Å². The maximum Gasteiger partial charge on any atom is 0.167 e. The third kappa shape index (κ3) is 7.56. The van der Waals surface area contributed by atoms with Crippen LogP contribution in [-0.4, -0.2) is 75.1 Å². The van der Waals surface area contributed by atoms with Crippen LogP contribution in [0.5, 0.6) is 17.2 Å². The lowest BCUT2D eigenvalue weighted by atomic mass is 10.1. The third-order valence-corrected chi connectivity index (χ3v) is 8.03. The summed E-state index contributed by atoms with van der Waals surface area (Å²) in [5.74, 6) is 3.14. The van der Waals surface area contributed by atoms with E-state index in [1.54, 1.807) is 48.5 Å². The number of anilines is 1. The van der Waals surface area contributed by atoms with Crippen molar-refractivity contribution in [3.05, 3.63) is 102 Å². The second-order valence-electron chi connectivity index (χ2n) is 10.1. The molecule has 0 aliphatic carbocycles. The predicted molar refractivity (Wildman–Crippen MR) is 165 cm³/mol. The summed E-state index contributed by atoms with van der Waals surface area (Å²) >= 11 is 1.81. The number of nitrogens with zero attached hydrogens (tertiary/aromatic N) is 4. The molecule has 0 amide bonds. The van der Waals surface area contributed by atoms with Crippen molar-refractivity contribution in [2.75, 3.05) is 11.9 Å². The Balaban J connectivity index is 0.000000195. The molecule has 12 nitrogen and oxygen atoms in total. The van der Waals surface area contributed by atoms with E-state index in [2.05, 4.69) is 20.3 Å². The maximum absolute atomic E-state index is 10.2. The monoisotopic (exact) mass is 619 g/mol. The molecule has 1 unspecified atom stereocenters. The van der Waals surface area contributed by atoms with E-state index >= 15 is 0 Å². The van der Waals surface area contributed by atoms with Gasteiger partial charge in [0.05, 0.1) is 12.9 Å². The van der Waals surface area contributed by atoms with Gasteiger partial charge in [0.25, 0.3) is 0 Å². The highest BCUT2D eigenvalue weighted by molar-refractivity contribution is 7.97. The number of thioether (sulfide) groups is 1. The average Bonchev–Trinajstić information content (AvgIpc) is 3.59. The molecule has 0 bridgehead atoms. The Morgan fingerprint density at radius 1 is 0.727 bits per heavy atom. The Hall–Kier alpha value is -4.40. The molecule has 1 saturated heterocycles. The first-order valence-electron chi connectivity index (χ1n) is 13.8. The summed E-state index contributed by atoms with van der Waals surface area (Å²) < 4.78 is 7.04. The van der Waals surface area contributed by atoms with Gasteiger partial charge in [0, 0.05) is 18.1 Å². The fraction of sp³-hybridized carbons (Fsp3) is 0.258. The number of imidazole rings is 1. The van der Waals surface area contributed by atoms with Crippen molar-refractivity contribution in [3.8, 4) is 17.2 Å². The normalized spacial score (nSPS) is 19.4. The van der Waals surface area contributed by atoms with Crippen molar-refractivity contribution >= 4 is 28.7 Å². The topological polar surface area (TPSA) is 186 Å². The zero-order valence-corrected chi connectivity index (χ0v) is 24.3. The third-order valence-electron chi connectivity index (χ3n) is 6.96. The van der Waals surface area contributed by atoms with Crippen molar-refractivity contribution < 1.29 is 35.4 Å².